The van der Waals surface area contributed by atoms with Gasteiger partial charge in [-0.1, -0.05) is 17.5 Å². The zero-order valence-corrected chi connectivity index (χ0v) is 10.6. The highest BCUT2D eigenvalue weighted by Crippen LogP contribution is 2.27. The highest BCUT2D eigenvalue weighted by molar-refractivity contribution is 9.10. The topological polar surface area (TPSA) is 38.3 Å². The van der Waals surface area contributed by atoms with E-state index < -0.39 is 0 Å². The second kappa shape index (κ2) is 6.41. The lowest BCUT2D eigenvalue weighted by Gasteiger charge is -2.07. The first-order valence-electron chi connectivity index (χ1n) is 4.41. The van der Waals surface area contributed by atoms with Crippen LogP contribution < -0.4 is 10.1 Å². The van der Waals surface area contributed by atoms with Gasteiger partial charge in [0.15, 0.2) is 6.61 Å². The van der Waals surface area contributed by atoms with Gasteiger partial charge >= 0.3 is 0 Å². The molecule has 0 bridgehead atoms. The van der Waals surface area contributed by atoms with Gasteiger partial charge in [0.2, 0.25) is 0 Å². The number of amides is 1. The first-order valence-corrected chi connectivity index (χ1v) is 5.58. The van der Waals surface area contributed by atoms with E-state index in [1.165, 1.54) is 0 Å². The largest absolute Gasteiger partial charge is 0.483 e. The first kappa shape index (κ1) is 12.9. The van der Waals surface area contributed by atoms with Crippen LogP contribution in [-0.4, -0.2) is 19.1 Å². The van der Waals surface area contributed by atoms with Crippen LogP contribution in [0, 0.1) is 12.3 Å². The minimum absolute atomic E-state index is 0.0814. The Balaban J connectivity index is 2.49. The van der Waals surface area contributed by atoms with Gasteiger partial charge in [0, 0.05) is 5.02 Å². The minimum Gasteiger partial charge on any atom is -0.483 e. The van der Waals surface area contributed by atoms with Crippen LogP contribution in [0.25, 0.3) is 0 Å². The lowest BCUT2D eigenvalue weighted by molar-refractivity contribution is -0.122. The number of hydrogen-bond acceptors (Lipinski definition) is 2. The van der Waals surface area contributed by atoms with Crippen LogP contribution >= 0.6 is 27.5 Å². The van der Waals surface area contributed by atoms with E-state index in [9.17, 15) is 4.79 Å². The summed E-state index contributed by atoms with van der Waals surface area (Å²) in [5.41, 5.74) is 0. The van der Waals surface area contributed by atoms with Crippen molar-refractivity contribution in [1.82, 2.24) is 5.32 Å². The fraction of sp³-hybridized carbons (Fsp3) is 0.182. The van der Waals surface area contributed by atoms with E-state index in [4.69, 9.17) is 22.8 Å². The molecule has 0 fully saturated rings. The Morgan fingerprint density at radius 3 is 3.00 bits per heavy atom. The van der Waals surface area contributed by atoms with Crippen molar-refractivity contribution in [2.24, 2.45) is 0 Å². The fourth-order valence-corrected chi connectivity index (χ4v) is 1.73. The lowest BCUT2D eigenvalue weighted by atomic mass is 10.3. The standard InChI is InChI=1S/C11H9BrClNO2/c1-2-5-14-11(15)7-16-10-4-3-8(13)6-9(10)12/h1,3-4,6H,5,7H2,(H,14,15). The van der Waals surface area contributed by atoms with Crippen molar-refractivity contribution in [3.05, 3.63) is 27.7 Å². The molecule has 16 heavy (non-hydrogen) atoms. The SMILES string of the molecule is C#CCNC(=O)COc1ccc(Cl)cc1Br. The number of nitrogens with one attached hydrogen (secondary N) is 1. The van der Waals surface area contributed by atoms with Crippen LogP contribution in [0.4, 0.5) is 0 Å². The molecule has 0 aliphatic carbocycles. The average molecular weight is 303 g/mol. The molecule has 1 rings (SSSR count). The predicted octanol–water partition coefficient (Wildman–Crippen LogP) is 2.23. The number of benzene rings is 1. The van der Waals surface area contributed by atoms with Gasteiger partial charge in [-0.15, -0.1) is 6.42 Å². The highest BCUT2D eigenvalue weighted by Gasteiger charge is 2.05. The third-order valence-electron chi connectivity index (χ3n) is 1.64. The smallest absolute Gasteiger partial charge is 0.258 e. The van der Waals surface area contributed by atoms with E-state index in [1.807, 2.05) is 0 Å². The molecule has 1 amide bonds. The summed E-state index contributed by atoms with van der Waals surface area (Å²) in [6, 6.07) is 5.05. The molecule has 84 valence electrons. The lowest BCUT2D eigenvalue weighted by Crippen LogP contribution is -2.29. The number of hydrogen-bond donors (Lipinski definition) is 1. The van der Waals surface area contributed by atoms with Crippen molar-refractivity contribution in [2.75, 3.05) is 13.2 Å². The van der Waals surface area contributed by atoms with Gasteiger partial charge in [-0.2, -0.15) is 0 Å². The molecule has 0 radical (unpaired) electrons. The molecule has 0 aliphatic heterocycles. The molecule has 0 aliphatic rings. The maximum Gasteiger partial charge on any atom is 0.258 e. The van der Waals surface area contributed by atoms with Gasteiger partial charge in [0.25, 0.3) is 5.91 Å². The van der Waals surface area contributed by atoms with Crippen LogP contribution in [0.3, 0.4) is 0 Å². The van der Waals surface area contributed by atoms with Crippen LogP contribution in [0.1, 0.15) is 0 Å². The van der Waals surface area contributed by atoms with Gasteiger partial charge < -0.3 is 10.1 Å². The molecule has 0 atom stereocenters. The number of halogens is 2. The minimum atomic E-state index is -0.264. The zero-order chi connectivity index (χ0) is 12.0. The third-order valence-corrected chi connectivity index (χ3v) is 2.50. The van der Waals surface area contributed by atoms with E-state index in [0.29, 0.717) is 15.2 Å². The molecule has 1 aromatic rings. The number of rotatable bonds is 4. The summed E-state index contributed by atoms with van der Waals surface area (Å²) in [6.07, 6.45) is 5.00. The molecular weight excluding hydrogens is 293 g/mol. The van der Waals surface area contributed by atoms with E-state index >= 15 is 0 Å². The second-order valence-electron chi connectivity index (χ2n) is 2.84. The van der Waals surface area contributed by atoms with Crippen LogP contribution in [0.5, 0.6) is 5.75 Å². The molecule has 5 heteroatoms. The van der Waals surface area contributed by atoms with Gasteiger partial charge in [-0.25, -0.2) is 0 Å². The quantitative estimate of drug-likeness (QED) is 0.866. The maximum absolute atomic E-state index is 11.2. The summed E-state index contributed by atoms with van der Waals surface area (Å²) in [4.78, 5) is 11.2. The van der Waals surface area contributed by atoms with Crippen LogP contribution in [0.2, 0.25) is 5.02 Å². The monoisotopic (exact) mass is 301 g/mol. The molecule has 0 saturated carbocycles. The Kier molecular flexibility index (Phi) is 5.17. The summed E-state index contributed by atoms with van der Waals surface area (Å²) in [5, 5.41) is 3.09. The molecular formula is C11H9BrClNO2. The van der Waals surface area contributed by atoms with Crippen LogP contribution in [0.15, 0.2) is 22.7 Å². The van der Waals surface area contributed by atoms with Crippen molar-refractivity contribution >= 4 is 33.4 Å². The van der Waals surface area contributed by atoms with E-state index in [2.05, 4.69) is 27.2 Å². The Hall–Kier alpha value is -1.18. The number of ether oxygens (including phenoxy) is 1. The average Bonchev–Trinajstić information content (AvgIpc) is 2.25. The van der Waals surface area contributed by atoms with E-state index in [-0.39, 0.29) is 19.1 Å². The van der Waals surface area contributed by atoms with E-state index in [0.717, 1.165) is 0 Å². The Morgan fingerprint density at radius 1 is 1.62 bits per heavy atom. The van der Waals surface area contributed by atoms with Gasteiger partial charge in [0.05, 0.1) is 11.0 Å². The molecule has 0 unspecified atom stereocenters. The number of carbonyl (C=O) groups excluding carboxylic acids is 1. The molecule has 3 nitrogen and oxygen atoms in total. The second-order valence-corrected chi connectivity index (χ2v) is 4.14. The number of terminal acetylenes is 1. The summed E-state index contributed by atoms with van der Waals surface area (Å²) < 4.78 is 5.96. The molecule has 1 aromatic carbocycles. The maximum atomic E-state index is 11.2. The highest BCUT2D eigenvalue weighted by atomic mass is 79.9. The normalized spacial score (nSPS) is 9.31. The third kappa shape index (κ3) is 4.13. The molecule has 0 heterocycles. The predicted molar refractivity (Wildman–Crippen MR) is 66.5 cm³/mol. The fourth-order valence-electron chi connectivity index (χ4n) is 0.936. The number of carbonyl (C=O) groups is 1. The Bertz CT molecular complexity index is 428. The molecule has 0 saturated heterocycles. The van der Waals surface area contributed by atoms with Crippen molar-refractivity contribution in [2.45, 2.75) is 0 Å². The molecule has 1 N–H and O–H groups in total. The summed E-state index contributed by atoms with van der Waals surface area (Å²) >= 11 is 9.04. The summed E-state index contributed by atoms with van der Waals surface area (Å²) in [7, 11) is 0. The van der Waals surface area contributed by atoms with Gasteiger partial charge in [-0.3, -0.25) is 4.79 Å². The first-order chi connectivity index (χ1) is 7.63. The van der Waals surface area contributed by atoms with Crippen LogP contribution in [-0.2, 0) is 4.79 Å². The Labute approximate surface area is 107 Å². The molecule has 0 spiro atoms. The Morgan fingerprint density at radius 2 is 2.38 bits per heavy atom. The van der Waals surface area contributed by atoms with E-state index in [1.54, 1.807) is 18.2 Å². The van der Waals surface area contributed by atoms with Crippen molar-refractivity contribution in [3.8, 4) is 18.1 Å². The van der Waals surface area contributed by atoms with Crippen molar-refractivity contribution in [1.29, 1.82) is 0 Å². The van der Waals surface area contributed by atoms with Crippen molar-refractivity contribution in [3.63, 3.8) is 0 Å². The summed E-state index contributed by atoms with van der Waals surface area (Å²) in [6.45, 7) is 0.117. The zero-order valence-electron chi connectivity index (χ0n) is 8.30. The molecule has 0 aromatic heterocycles. The van der Waals surface area contributed by atoms with Crippen molar-refractivity contribution < 1.29 is 9.53 Å². The van der Waals surface area contributed by atoms with Gasteiger partial charge in [0.1, 0.15) is 5.75 Å². The van der Waals surface area contributed by atoms with Gasteiger partial charge in [-0.05, 0) is 34.1 Å². The summed E-state index contributed by atoms with van der Waals surface area (Å²) in [5.74, 6) is 2.59.